The third kappa shape index (κ3) is 6.25. The Morgan fingerprint density at radius 1 is 0.632 bits per heavy atom. The number of rotatable bonds is 10. The zero-order valence-corrected chi connectivity index (χ0v) is 21.9. The molecule has 0 spiro atoms. The summed E-state index contributed by atoms with van der Waals surface area (Å²) < 4.78 is 23.2. The molecule has 0 aliphatic carbocycles. The monoisotopic (exact) mass is 529 g/mol. The first kappa shape index (κ1) is 26.6. The highest BCUT2D eigenvalue weighted by Gasteiger charge is 2.13. The average Bonchev–Trinajstić information content (AvgIpc) is 2.96. The molecule has 1 N–H and O–H groups in total. The number of methoxy groups -OCH3 is 2. The van der Waals surface area contributed by atoms with Crippen molar-refractivity contribution >= 4 is 34.8 Å². The highest BCUT2D eigenvalue weighted by molar-refractivity contribution is 5.93. The van der Waals surface area contributed by atoms with E-state index >= 15 is 0 Å². The number of nitrogens with zero attached hydrogens (tertiary/aromatic N) is 2. The van der Waals surface area contributed by atoms with Gasteiger partial charge in [-0.25, -0.2) is 9.97 Å². The lowest BCUT2D eigenvalue weighted by Crippen LogP contribution is -2.02. The van der Waals surface area contributed by atoms with Crippen molar-refractivity contribution in [1.82, 2.24) is 9.97 Å². The summed E-state index contributed by atoms with van der Waals surface area (Å²) in [6.07, 6.45) is 1.51. The molecule has 38 heavy (non-hydrogen) atoms. The maximum atomic E-state index is 6.21. The molecular formula is C30H28ClN3O4. The summed E-state index contributed by atoms with van der Waals surface area (Å²) >= 11 is 0. The number of hydrogen-bond donors (Lipinski definition) is 1. The summed E-state index contributed by atoms with van der Waals surface area (Å²) in [4.78, 5) is 8.85. The second kappa shape index (κ2) is 12.7. The summed E-state index contributed by atoms with van der Waals surface area (Å²) in [5.41, 5.74) is 3.68. The Hall–Kier alpha value is -4.49. The molecule has 0 radical (unpaired) electrons. The molecule has 0 aliphatic heterocycles. The highest BCUT2D eigenvalue weighted by atomic mass is 35.5. The van der Waals surface area contributed by atoms with Gasteiger partial charge in [-0.05, 0) is 29.3 Å². The van der Waals surface area contributed by atoms with Crippen LogP contribution in [0, 0.1) is 0 Å². The molecule has 0 aliphatic rings. The van der Waals surface area contributed by atoms with Crippen LogP contribution < -0.4 is 24.3 Å². The molecule has 1 heterocycles. The first-order valence-electron chi connectivity index (χ1n) is 11.8. The van der Waals surface area contributed by atoms with Crippen molar-refractivity contribution in [1.29, 1.82) is 0 Å². The van der Waals surface area contributed by atoms with Crippen LogP contribution in [0.1, 0.15) is 11.1 Å². The molecule has 5 rings (SSSR count). The van der Waals surface area contributed by atoms with Gasteiger partial charge in [-0.15, -0.1) is 12.4 Å². The third-order valence-electron chi connectivity index (χ3n) is 5.82. The standard InChI is InChI=1S/C30H27N3O4.ClH/c1-34-27-16-24-25(17-28(27)35-2)31-20-32-30(24)33-23-13-14-26(36-18-21-9-5-3-6-10-21)29(15-23)37-19-22-11-7-4-8-12-22;/h3-17,20H,18-19H2,1-2H3,(H,31,32,33);1H. The number of nitrogens with one attached hydrogen (secondary N) is 1. The van der Waals surface area contributed by atoms with Crippen molar-refractivity contribution in [2.75, 3.05) is 19.5 Å². The predicted octanol–water partition coefficient (Wildman–Crippen LogP) is 6.97. The van der Waals surface area contributed by atoms with Gasteiger partial charge in [0.25, 0.3) is 0 Å². The van der Waals surface area contributed by atoms with Gasteiger partial charge in [-0.3, -0.25) is 0 Å². The van der Waals surface area contributed by atoms with Crippen LogP contribution in [0.3, 0.4) is 0 Å². The molecule has 5 aromatic rings. The second-order valence-electron chi connectivity index (χ2n) is 8.28. The SMILES string of the molecule is COc1cc2ncnc(Nc3ccc(OCc4ccccc4)c(OCc4ccccc4)c3)c2cc1OC.Cl. The van der Waals surface area contributed by atoms with Crippen LogP contribution >= 0.6 is 12.4 Å². The highest BCUT2D eigenvalue weighted by Crippen LogP contribution is 2.36. The Kier molecular flexibility index (Phi) is 8.85. The lowest BCUT2D eigenvalue weighted by atomic mass is 10.2. The molecule has 0 atom stereocenters. The van der Waals surface area contributed by atoms with E-state index in [2.05, 4.69) is 15.3 Å². The van der Waals surface area contributed by atoms with Crippen molar-refractivity contribution in [2.24, 2.45) is 0 Å². The summed E-state index contributed by atoms with van der Waals surface area (Å²) in [5, 5.41) is 4.19. The van der Waals surface area contributed by atoms with E-state index in [1.165, 1.54) is 6.33 Å². The number of aromatic nitrogens is 2. The van der Waals surface area contributed by atoms with Crippen molar-refractivity contribution in [3.8, 4) is 23.0 Å². The smallest absolute Gasteiger partial charge is 0.163 e. The van der Waals surface area contributed by atoms with Crippen LogP contribution in [-0.2, 0) is 13.2 Å². The van der Waals surface area contributed by atoms with Crippen LogP contribution in [0.4, 0.5) is 11.5 Å². The molecule has 0 amide bonds. The van der Waals surface area contributed by atoms with E-state index in [-0.39, 0.29) is 12.4 Å². The van der Waals surface area contributed by atoms with Crippen LogP contribution in [-0.4, -0.2) is 24.2 Å². The molecule has 0 unspecified atom stereocenters. The topological polar surface area (TPSA) is 74.7 Å². The fourth-order valence-electron chi connectivity index (χ4n) is 3.91. The summed E-state index contributed by atoms with van der Waals surface area (Å²) in [7, 11) is 3.20. The number of benzene rings is 4. The van der Waals surface area contributed by atoms with Gasteiger partial charge < -0.3 is 24.3 Å². The van der Waals surface area contributed by atoms with Crippen molar-refractivity contribution in [2.45, 2.75) is 13.2 Å². The molecule has 0 bridgehead atoms. The minimum atomic E-state index is 0. The van der Waals surface area contributed by atoms with Crippen LogP contribution in [0.2, 0.25) is 0 Å². The lowest BCUT2D eigenvalue weighted by molar-refractivity contribution is 0.256. The molecule has 0 saturated heterocycles. The van der Waals surface area contributed by atoms with Gasteiger partial charge in [0.15, 0.2) is 23.0 Å². The Morgan fingerprint density at radius 2 is 1.24 bits per heavy atom. The first-order chi connectivity index (χ1) is 18.2. The second-order valence-corrected chi connectivity index (χ2v) is 8.28. The van der Waals surface area contributed by atoms with Crippen molar-refractivity contribution in [3.63, 3.8) is 0 Å². The van der Waals surface area contributed by atoms with Gasteiger partial charge in [0, 0.05) is 23.2 Å². The van der Waals surface area contributed by atoms with Gasteiger partial charge in [0.1, 0.15) is 25.4 Å². The first-order valence-corrected chi connectivity index (χ1v) is 11.8. The summed E-state index contributed by atoms with van der Waals surface area (Å²) in [6.45, 7) is 0.854. The van der Waals surface area contributed by atoms with E-state index in [4.69, 9.17) is 18.9 Å². The zero-order valence-electron chi connectivity index (χ0n) is 21.1. The molecule has 8 heteroatoms. The fourth-order valence-corrected chi connectivity index (χ4v) is 3.91. The van der Waals surface area contributed by atoms with Gasteiger partial charge in [-0.1, -0.05) is 60.7 Å². The fraction of sp³-hybridized carbons (Fsp3) is 0.133. The van der Waals surface area contributed by atoms with Gasteiger partial charge in [0.2, 0.25) is 0 Å². The van der Waals surface area contributed by atoms with E-state index in [0.29, 0.717) is 42.0 Å². The van der Waals surface area contributed by atoms with E-state index in [1.807, 2.05) is 91.0 Å². The summed E-state index contributed by atoms with van der Waals surface area (Å²) in [5.74, 6) is 3.13. The van der Waals surface area contributed by atoms with Gasteiger partial charge in [0.05, 0.1) is 19.7 Å². The average molecular weight is 530 g/mol. The van der Waals surface area contributed by atoms with Crippen LogP contribution in [0.15, 0.2) is 97.3 Å². The zero-order chi connectivity index (χ0) is 25.5. The number of ether oxygens (including phenoxy) is 4. The minimum Gasteiger partial charge on any atom is -0.493 e. The van der Waals surface area contributed by atoms with E-state index in [0.717, 1.165) is 27.7 Å². The van der Waals surface area contributed by atoms with Crippen molar-refractivity contribution in [3.05, 3.63) is 108 Å². The van der Waals surface area contributed by atoms with E-state index in [1.54, 1.807) is 14.2 Å². The molecule has 0 saturated carbocycles. The predicted molar refractivity (Wildman–Crippen MR) is 151 cm³/mol. The van der Waals surface area contributed by atoms with E-state index < -0.39 is 0 Å². The van der Waals surface area contributed by atoms with E-state index in [9.17, 15) is 0 Å². The number of anilines is 2. The molecule has 194 valence electrons. The Balaban J connectivity index is 0.00000336. The van der Waals surface area contributed by atoms with Gasteiger partial charge in [-0.2, -0.15) is 0 Å². The number of halogens is 1. The molecule has 7 nitrogen and oxygen atoms in total. The normalized spacial score (nSPS) is 10.4. The molecule has 0 fully saturated rings. The largest absolute Gasteiger partial charge is 0.493 e. The Morgan fingerprint density at radius 3 is 1.87 bits per heavy atom. The minimum absolute atomic E-state index is 0. The van der Waals surface area contributed by atoms with Crippen LogP contribution in [0.5, 0.6) is 23.0 Å². The van der Waals surface area contributed by atoms with Gasteiger partial charge >= 0.3 is 0 Å². The Bertz CT molecular complexity index is 1480. The number of fused-ring (bicyclic) bond motifs is 1. The number of hydrogen-bond acceptors (Lipinski definition) is 7. The third-order valence-corrected chi connectivity index (χ3v) is 5.82. The van der Waals surface area contributed by atoms with Crippen molar-refractivity contribution < 1.29 is 18.9 Å². The maximum absolute atomic E-state index is 6.21. The summed E-state index contributed by atoms with van der Waals surface area (Å²) in [6, 6.07) is 29.5. The lowest BCUT2D eigenvalue weighted by Gasteiger charge is -2.16. The quantitative estimate of drug-likeness (QED) is 0.209. The molecular weight excluding hydrogens is 502 g/mol. The maximum Gasteiger partial charge on any atom is 0.163 e. The Labute approximate surface area is 227 Å². The molecule has 4 aromatic carbocycles. The molecule has 1 aromatic heterocycles. The van der Waals surface area contributed by atoms with Crippen LogP contribution in [0.25, 0.3) is 10.9 Å².